The highest BCUT2D eigenvalue weighted by molar-refractivity contribution is 6.07. The first-order valence-electron chi connectivity index (χ1n) is 9.61. The number of imide groups is 1. The van der Waals surface area contributed by atoms with Crippen molar-refractivity contribution < 1.29 is 19.4 Å². The summed E-state index contributed by atoms with van der Waals surface area (Å²) in [7, 11) is 0. The Hall–Kier alpha value is -1.92. The van der Waals surface area contributed by atoms with E-state index < -0.39 is 11.6 Å². The largest absolute Gasteiger partial charge is 0.389 e. The van der Waals surface area contributed by atoms with Crippen molar-refractivity contribution in [2.45, 2.75) is 62.7 Å². The molecule has 1 spiro atoms. The van der Waals surface area contributed by atoms with Crippen molar-refractivity contribution in [3.05, 3.63) is 35.4 Å². The van der Waals surface area contributed by atoms with Gasteiger partial charge in [-0.3, -0.25) is 9.69 Å². The van der Waals surface area contributed by atoms with Crippen LogP contribution in [0.3, 0.4) is 0 Å². The van der Waals surface area contributed by atoms with E-state index in [4.69, 9.17) is 4.74 Å². The minimum atomic E-state index is -0.879. The highest BCUT2D eigenvalue weighted by atomic mass is 16.5. The number of β-amino-alcohol motifs (C(OH)–C–C–N with tert-alkyl or cyclic N) is 1. The van der Waals surface area contributed by atoms with Crippen molar-refractivity contribution in [1.29, 1.82) is 0 Å². The molecule has 0 aromatic heterocycles. The Labute approximate surface area is 153 Å². The second-order valence-electron chi connectivity index (χ2n) is 7.70. The fourth-order valence-corrected chi connectivity index (χ4v) is 4.53. The number of carbonyl (C=O) groups excluding carboxylic acids is 2. The van der Waals surface area contributed by atoms with Gasteiger partial charge in [0, 0.05) is 0 Å². The van der Waals surface area contributed by atoms with E-state index in [1.54, 1.807) is 0 Å². The number of ether oxygens (including phenoxy) is 1. The molecule has 3 aliphatic rings. The monoisotopic (exact) mass is 358 g/mol. The number of aryl methyl sites for hydroxylation is 1. The molecule has 0 radical (unpaired) electrons. The van der Waals surface area contributed by atoms with Crippen molar-refractivity contribution in [2.24, 2.45) is 0 Å². The molecular weight excluding hydrogens is 332 g/mol. The SMILES string of the molecule is O=C1NC2(CCCC2)C(=O)N1C[C@H](O)CO[C@@H]1CCCc2ccccc21. The first kappa shape index (κ1) is 17.5. The highest BCUT2D eigenvalue weighted by Gasteiger charge is 2.52. The van der Waals surface area contributed by atoms with Crippen LogP contribution in [0.25, 0.3) is 0 Å². The van der Waals surface area contributed by atoms with Crippen LogP contribution in [-0.2, 0) is 16.0 Å². The average molecular weight is 358 g/mol. The third-order valence-electron chi connectivity index (χ3n) is 5.90. The molecule has 2 atom stereocenters. The van der Waals surface area contributed by atoms with Crippen LogP contribution in [0.15, 0.2) is 24.3 Å². The molecule has 2 fully saturated rings. The third-order valence-corrected chi connectivity index (χ3v) is 5.90. The normalized spacial score (nSPS) is 25.4. The zero-order valence-electron chi connectivity index (χ0n) is 14.9. The zero-order chi connectivity index (χ0) is 18.1. The summed E-state index contributed by atoms with van der Waals surface area (Å²) < 4.78 is 5.95. The summed E-state index contributed by atoms with van der Waals surface area (Å²) in [6, 6.07) is 7.85. The standard InChI is InChI=1S/C20H26N2O4/c23-15(12-22-18(24)20(21-19(22)25)10-3-4-11-20)13-26-17-9-5-7-14-6-1-2-8-16(14)17/h1-2,6,8,15,17,23H,3-5,7,9-13H2,(H,21,25)/t15-,17+/m0/s1. The van der Waals surface area contributed by atoms with E-state index in [1.807, 2.05) is 12.1 Å². The van der Waals surface area contributed by atoms with Gasteiger partial charge in [-0.1, -0.05) is 37.1 Å². The van der Waals surface area contributed by atoms with Gasteiger partial charge in [0.15, 0.2) is 0 Å². The second kappa shape index (κ2) is 7.00. The number of amides is 3. The van der Waals surface area contributed by atoms with Crippen molar-refractivity contribution in [3.63, 3.8) is 0 Å². The van der Waals surface area contributed by atoms with E-state index in [2.05, 4.69) is 17.4 Å². The van der Waals surface area contributed by atoms with E-state index in [0.29, 0.717) is 12.8 Å². The number of nitrogens with one attached hydrogen (secondary N) is 1. The molecule has 1 saturated carbocycles. The minimum Gasteiger partial charge on any atom is -0.389 e. The molecule has 1 heterocycles. The lowest BCUT2D eigenvalue weighted by Gasteiger charge is -2.27. The summed E-state index contributed by atoms with van der Waals surface area (Å²) in [6.07, 6.45) is 5.43. The molecule has 140 valence electrons. The van der Waals surface area contributed by atoms with Crippen LogP contribution < -0.4 is 5.32 Å². The number of aliphatic hydroxyl groups is 1. The molecule has 2 N–H and O–H groups in total. The Balaban J connectivity index is 1.34. The molecule has 6 heteroatoms. The number of benzene rings is 1. The molecule has 1 aromatic carbocycles. The quantitative estimate of drug-likeness (QED) is 0.792. The number of hydrogen-bond acceptors (Lipinski definition) is 4. The van der Waals surface area contributed by atoms with E-state index in [9.17, 15) is 14.7 Å². The number of fused-ring (bicyclic) bond motifs is 1. The van der Waals surface area contributed by atoms with E-state index in [1.165, 1.54) is 11.1 Å². The van der Waals surface area contributed by atoms with Gasteiger partial charge in [-0.2, -0.15) is 0 Å². The van der Waals surface area contributed by atoms with Gasteiger partial charge in [-0.15, -0.1) is 0 Å². The van der Waals surface area contributed by atoms with Gasteiger partial charge in [0.05, 0.1) is 25.4 Å². The van der Waals surface area contributed by atoms with Gasteiger partial charge in [-0.25, -0.2) is 4.79 Å². The lowest BCUT2D eigenvalue weighted by Crippen LogP contribution is -2.45. The van der Waals surface area contributed by atoms with Crippen LogP contribution in [-0.4, -0.2) is 46.7 Å². The maximum Gasteiger partial charge on any atom is 0.325 e. The van der Waals surface area contributed by atoms with E-state index in [0.717, 1.165) is 37.0 Å². The molecule has 26 heavy (non-hydrogen) atoms. The molecule has 1 saturated heterocycles. The first-order valence-corrected chi connectivity index (χ1v) is 9.61. The van der Waals surface area contributed by atoms with Crippen LogP contribution in [0.4, 0.5) is 4.79 Å². The number of hydrogen-bond donors (Lipinski definition) is 2. The number of carbonyl (C=O) groups is 2. The molecule has 4 rings (SSSR count). The van der Waals surface area contributed by atoms with Crippen molar-refractivity contribution >= 4 is 11.9 Å². The Morgan fingerprint density at radius 1 is 1.23 bits per heavy atom. The highest BCUT2D eigenvalue weighted by Crippen LogP contribution is 2.35. The maximum absolute atomic E-state index is 12.6. The van der Waals surface area contributed by atoms with Gasteiger partial charge in [0.2, 0.25) is 0 Å². The topological polar surface area (TPSA) is 78.9 Å². The number of aliphatic hydroxyl groups excluding tert-OH is 1. The molecule has 2 aliphatic carbocycles. The summed E-state index contributed by atoms with van der Waals surface area (Å²) >= 11 is 0. The van der Waals surface area contributed by atoms with Crippen LogP contribution in [0.2, 0.25) is 0 Å². The molecule has 0 bridgehead atoms. The van der Waals surface area contributed by atoms with E-state index >= 15 is 0 Å². The molecule has 3 amide bonds. The third kappa shape index (κ3) is 3.12. The smallest absolute Gasteiger partial charge is 0.325 e. The van der Waals surface area contributed by atoms with Gasteiger partial charge in [0.1, 0.15) is 5.54 Å². The summed E-state index contributed by atoms with van der Waals surface area (Å²) in [6.45, 7) is 0.101. The molecule has 1 aliphatic heterocycles. The molecule has 0 unspecified atom stereocenters. The maximum atomic E-state index is 12.6. The van der Waals surface area contributed by atoms with Gasteiger partial charge in [0.25, 0.3) is 5.91 Å². The van der Waals surface area contributed by atoms with Crippen LogP contribution in [0.5, 0.6) is 0 Å². The van der Waals surface area contributed by atoms with E-state index in [-0.39, 0.29) is 31.2 Å². The Morgan fingerprint density at radius 3 is 2.81 bits per heavy atom. The molecular formula is C20H26N2O4. The Bertz CT molecular complexity index is 699. The number of nitrogens with zero attached hydrogens (tertiary/aromatic N) is 1. The van der Waals surface area contributed by atoms with Crippen LogP contribution in [0.1, 0.15) is 55.8 Å². The lowest BCUT2D eigenvalue weighted by molar-refractivity contribution is -0.132. The predicted molar refractivity (Wildman–Crippen MR) is 95.5 cm³/mol. The average Bonchev–Trinajstić information content (AvgIpc) is 3.21. The van der Waals surface area contributed by atoms with Crippen molar-refractivity contribution in [2.75, 3.05) is 13.2 Å². The van der Waals surface area contributed by atoms with Gasteiger partial charge < -0.3 is 15.2 Å². The van der Waals surface area contributed by atoms with Crippen LogP contribution in [0, 0.1) is 0 Å². The molecule has 1 aromatic rings. The predicted octanol–water partition coefficient (Wildman–Crippen LogP) is 2.31. The number of urea groups is 1. The second-order valence-corrected chi connectivity index (χ2v) is 7.70. The fourth-order valence-electron chi connectivity index (χ4n) is 4.53. The zero-order valence-corrected chi connectivity index (χ0v) is 14.9. The summed E-state index contributed by atoms with van der Waals surface area (Å²) in [5.74, 6) is -0.193. The summed E-state index contributed by atoms with van der Waals surface area (Å²) in [5.41, 5.74) is 1.77. The summed E-state index contributed by atoms with van der Waals surface area (Å²) in [5, 5.41) is 13.2. The lowest BCUT2D eigenvalue weighted by atomic mass is 9.89. The molecule has 6 nitrogen and oxygen atoms in total. The Kier molecular flexibility index (Phi) is 4.71. The first-order chi connectivity index (χ1) is 12.6. The van der Waals surface area contributed by atoms with Crippen molar-refractivity contribution in [3.8, 4) is 0 Å². The van der Waals surface area contributed by atoms with Crippen LogP contribution >= 0.6 is 0 Å². The fraction of sp³-hybridized carbons (Fsp3) is 0.600. The van der Waals surface area contributed by atoms with Crippen molar-refractivity contribution in [1.82, 2.24) is 10.2 Å². The Morgan fingerprint density at radius 2 is 2.00 bits per heavy atom. The van der Waals surface area contributed by atoms with Gasteiger partial charge >= 0.3 is 6.03 Å². The summed E-state index contributed by atoms with van der Waals surface area (Å²) in [4.78, 5) is 26.0. The minimum absolute atomic E-state index is 0.0131. The van der Waals surface area contributed by atoms with Gasteiger partial charge in [-0.05, 0) is 43.2 Å². The number of rotatable bonds is 5.